The molecular weight excluding hydrogens is 1420 g/mol. The first kappa shape index (κ1) is 46.2. The Hall–Kier alpha value is -9.04. The minimum Gasteiger partial charge on any atom is -0.383 e. The number of piperidine rings is 2. The molecule has 12 rings (SSSR count). The Bertz CT molecular complexity index is 6520. The first-order chi connectivity index (χ1) is 63.2. The molecule has 2 amide bonds. The third-order valence-electron chi connectivity index (χ3n) is 15.7. The molecule has 0 radical (unpaired) electrons. The molecule has 10 aromatic rings. The Balaban J connectivity index is 0.000000265. The molecule has 2 saturated heterocycles. The smallest absolute Gasteiger partial charge is 0.383 e. The number of rotatable bonds is 24. The zero-order chi connectivity index (χ0) is 104. The molecule has 4 heterocycles. The number of nitrogens with zero attached hydrogens (tertiary/aromatic N) is 6. The van der Waals surface area contributed by atoms with Crippen molar-refractivity contribution in [2.75, 3.05) is 66.4 Å². The number of hydrogen-bond acceptors (Lipinski definition) is 10. The van der Waals surface area contributed by atoms with Crippen LogP contribution in [-0.4, -0.2) is 119 Å². The number of fused-ring (bicyclic) bond motifs is 2. The maximum Gasteiger partial charge on any atom is 0.416 e. The number of ether oxygens (including phenoxy) is 2. The predicted molar refractivity (Wildman–Crippen MR) is 395 cm³/mol. The van der Waals surface area contributed by atoms with E-state index < -0.39 is 292 Å². The van der Waals surface area contributed by atoms with E-state index in [1.807, 2.05) is 0 Å². The third-order valence-corrected chi connectivity index (χ3v) is 17.5. The Morgan fingerprint density at radius 1 is 0.528 bits per heavy atom. The van der Waals surface area contributed by atoms with Crippen LogP contribution < -0.4 is 10.9 Å². The molecule has 0 unspecified atom stereocenters. The van der Waals surface area contributed by atoms with Crippen LogP contribution >= 0.6 is 23.5 Å². The number of aromatic nitrogens is 2. The summed E-state index contributed by atoms with van der Waals surface area (Å²) in [5.41, 5.74) is -10.1. The summed E-state index contributed by atoms with van der Waals surface area (Å²) in [5, 5.41) is -3.00. The maximum atomic E-state index is 15.4. The van der Waals surface area contributed by atoms with Gasteiger partial charge in [0, 0.05) is 154 Å². The second-order valence-electron chi connectivity index (χ2n) is 22.9. The summed E-state index contributed by atoms with van der Waals surface area (Å²) in [5.74, 6) is -9.70. The van der Waals surface area contributed by atoms with Gasteiger partial charge in [0.25, 0.3) is 0 Å². The number of methoxy groups -OCH3 is 2. The molecule has 556 valence electrons. The highest BCUT2D eigenvalue weighted by molar-refractivity contribution is 7.98. The van der Waals surface area contributed by atoms with E-state index in [-0.39, 0.29) is 66.1 Å². The topological polar surface area (TPSA) is 110 Å². The van der Waals surface area contributed by atoms with Crippen molar-refractivity contribution in [3.63, 3.8) is 0 Å². The third kappa shape index (κ3) is 19.6. The van der Waals surface area contributed by atoms with E-state index in [0.717, 1.165) is 97.6 Å². The number of benzene rings is 8. The highest BCUT2D eigenvalue weighted by Crippen LogP contribution is 2.36. The first-order valence-electron chi connectivity index (χ1n) is 47.4. The van der Waals surface area contributed by atoms with Crippen molar-refractivity contribution >= 4 is 57.1 Å². The first-order valence-corrected chi connectivity index (χ1v) is 33.2. The molecule has 0 saturated carbocycles. The fourth-order valence-electron chi connectivity index (χ4n) is 10.3. The van der Waals surface area contributed by atoms with Crippen LogP contribution in [0.15, 0.2) is 201 Å². The summed E-state index contributed by atoms with van der Waals surface area (Å²) in [6, 6.07) is 8.58. The predicted octanol–water partition coefficient (Wildman–Crippen LogP) is 17.4. The van der Waals surface area contributed by atoms with E-state index >= 15 is 14.0 Å². The maximum absolute atomic E-state index is 15.4. The van der Waals surface area contributed by atoms with Gasteiger partial charge in [0.1, 0.15) is 13.1 Å². The van der Waals surface area contributed by atoms with E-state index in [0.29, 0.717) is 28.0 Å². The summed E-state index contributed by atoms with van der Waals surface area (Å²) < 4.78 is 437. The number of likely N-dealkylation sites (tertiary alicyclic amines) is 2. The standard InChI is InChI=1S/2C41H40F5N3O3S/c2*1-27-6-15-36-34(22-27)37(50)23-39(53-26-31-4-3-5-35(42)40(31)43)49(36)25-38(51)48(33-16-18-47(19-17-33)20-21-52-2)24-28-7-9-29(10-8-28)30-11-13-32(14-12-30)41(44,45)46/h2*3-15,22-23,33H,16-21,24-26H2,1-2H3/i6D,15D,16D2,17D2,18D2,19D2,20D2,22D,23D,26D2,33D;6D,15D,16D2,17D2,18D2,19D2,20D2,22D,23D,33D. The molecule has 2 fully saturated rings. The van der Waals surface area contributed by atoms with Crippen LogP contribution in [0, 0.1) is 37.1 Å². The van der Waals surface area contributed by atoms with Crippen molar-refractivity contribution in [3.8, 4) is 22.3 Å². The number of hydrogen-bond donors (Lipinski definition) is 0. The fourth-order valence-corrected chi connectivity index (χ4v) is 12.1. The lowest BCUT2D eigenvalue weighted by Gasteiger charge is -2.39. The van der Waals surface area contributed by atoms with E-state index in [9.17, 15) is 62.8 Å². The van der Waals surface area contributed by atoms with Gasteiger partial charge in [-0.3, -0.25) is 19.2 Å². The Morgan fingerprint density at radius 2 is 0.896 bits per heavy atom. The Morgan fingerprint density at radius 3 is 1.28 bits per heavy atom. The average Bonchev–Trinajstić information content (AvgIpc) is 0.662. The molecule has 12 nitrogen and oxygen atoms in total. The Labute approximate surface area is 661 Å². The molecule has 8 aromatic carbocycles. The molecule has 106 heavy (non-hydrogen) atoms. The normalized spacial score (nSPS) is 23.4. The van der Waals surface area contributed by atoms with Crippen molar-refractivity contribution in [1.29, 1.82) is 0 Å². The SMILES string of the molecule is [2H]c1c(C)c([2H])c2c(=O)c([2H])c(SC([2H])([2H])c3cccc(F)c3F)n(CC(=O)N(Cc3ccc(-c4ccc(C(F)(F)F)cc4)cc3)C3([2H])C([2H])([2H])C([2H])([2H])N(C([2H])([2H])COC)C([2H])([2H])C3([2H])[2H])c2c1[2H].[2H]c1c(C)c([2H])c2c(=O)c([2H])c(SCc3cccc(F)c3F)n(CC(=O)N(Cc3ccc(-c4ccc(C(F)(F)F)cc4)cc3)C3([2H])C([2H])([2H])C([2H])([2H])N(C([2H])([2H])COC)C([2H])([2H])C3([2H])[2H])c2c1[2H]. The van der Waals surface area contributed by atoms with Gasteiger partial charge in [-0.15, -0.1) is 23.5 Å². The highest BCUT2D eigenvalue weighted by atomic mass is 32.2. The van der Waals surface area contributed by atoms with Gasteiger partial charge < -0.3 is 38.2 Å². The summed E-state index contributed by atoms with van der Waals surface area (Å²) in [6.45, 7) is -28.0. The van der Waals surface area contributed by atoms with Gasteiger partial charge in [-0.2, -0.15) is 26.3 Å². The van der Waals surface area contributed by atoms with Crippen molar-refractivity contribution in [2.45, 2.75) is 111 Å². The summed E-state index contributed by atoms with van der Waals surface area (Å²) >= 11 is 0.276. The number of amides is 2. The van der Waals surface area contributed by atoms with Crippen LogP contribution in [0.1, 0.15) is 114 Å². The van der Waals surface area contributed by atoms with Crippen LogP contribution in [-0.2, 0) is 69.1 Å². The molecule has 2 aliphatic heterocycles. The monoisotopic (exact) mass is 1530 g/mol. The van der Waals surface area contributed by atoms with Gasteiger partial charge in [-0.05, 0) is 133 Å². The summed E-state index contributed by atoms with van der Waals surface area (Å²) in [4.78, 5) is 57.8. The zero-order valence-corrected chi connectivity index (χ0v) is 57.5. The fraction of sp³-hybridized carbons (Fsp3) is 0.317. The molecule has 2 aromatic heterocycles. The number of carbonyl (C=O) groups is 2. The van der Waals surface area contributed by atoms with Crippen molar-refractivity contribution < 1.29 is 107 Å². The van der Waals surface area contributed by atoms with E-state index in [4.69, 9.17) is 39.6 Å². The van der Waals surface area contributed by atoms with Crippen LogP contribution in [0.2, 0.25) is 0 Å². The van der Waals surface area contributed by atoms with Crippen molar-refractivity contribution in [2.24, 2.45) is 0 Å². The number of halogens is 10. The molecular formula is C82H80F10N6O6S2. The Kier molecular flexibility index (Phi) is 15.3. The zero-order valence-electron chi connectivity index (χ0n) is 87.9. The number of thioether (sulfide) groups is 2. The van der Waals surface area contributed by atoms with Crippen LogP contribution in [0.25, 0.3) is 44.1 Å². The second-order valence-corrected chi connectivity index (χ2v) is 24.7. The lowest BCUT2D eigenvalue weighted by atomic mass is 10.00. The van der Waals surface area contributed by atoms with Gasteiger partial charge in [0.15, 0.2) is 34.1 Å². The van der Waals surface area contributed by atoms with E-state index in [1.54, 1.807) is 0 Å². The van der Waals surface area contributed by atoms with E-state index in [2.05, 4.69) is 0 Å². The molecule has 0 spiro atoms. The van der Waals surface area contributed by atoms with Gasteiger partial charge in [-0.25, -0.2) is 17.6 Å². The molecule has 0 bridgehead atoms. The number of alkyl halides is 6. The average molecular weight is 1530 g/mol. The van der Waals surface area contributed by atoms with Crippen LogP contribution in [0.3, 0.4) is 0 Å². The highest BCUT2D eigenvalue weighted by Gasteiger charge is 2.34. The van der Waals surface area contributed by atoms with Crippen LogP contribution in [0.4, 0.5) is 43.9 Å². The molecule has 0 atom stereocenters. The quantitative estimate of drug-likeness (QED) is 0.0428. The van der Waals surface area contributed by atoms with Gasteiger partial charge in [0.2, 0.25) is 11.8 Å². The largest absolute Gasteiger partial charge is 0.416 e. The van der Waals surface area contributed by atoms with Gasteiger partial charge in [0.05, 0.1) is 59.1 Å². The summed E-state index contributed by atoms with van der Waals surface area (Å²) in [7, 11) is 1.89. The minimum atomic E-state index is -4.67. The molecule has 0 N–H and O–H groups in total. The van der Waals surface area contributed by atoms with Crippen molar-refractivity contribution in [1.82, 2.24) is 28.7 Å². The second kappa shape index (κ2) is 35.1. The molecule has 2 aliphatic rings. The van der Waals surface area contributed by atoms with Crippen molar-refractivity contribution in [3.05, 3.63) is 270 Å². The van der Waals surface area contributed by atoms with E-state index in [1.165, 1.54) is 62.4 Å². The van der Waals surface area contributed by atoms with Gasteiger partial charge >= 0.3 is 12.4 Å². The lowest BCUT2D eigenvalue weighted by Crippen LogP contribution is -2.48. The lowest BCUT2D eigenvalue weighted by molar-refractivity contribution is -0.138. The number of pyridine rings is 2. The number of carbonyl (C=O) groups excluding carboxylic acids is 2. The molecule has 24 heteroatoms. The summed E-state index contributed by atoms with van der Waals surface area (Å²) in [6.07, 6.45) is -26.1. The van der Waals surface area contributed by atoms with Gasteiger partial charge in [-0.1, -0.05) is 120 Å². The minimum absolute atomic E-state index is 0.0307. The van der Waals surface area contributed by atoms with Crippen LogP contribution in [0.5, 0.6) is 0 Å². The molecule has 0 aliphatic carbocycles.